The molecule has 2 aromatic rings. The SMILES string of the molecule is Cc1ccc(C(N)=S)c(NCc2ccc(F)c(Cl)c2)n1. The van der Waals surface area contributed by atoms with Crippen molar-refractivity contribution in [3.63, 3.8) is 0 Å². The Morgan fingerprint density at radius 2 is 2.15 bits per heavy atom. The van der Waals surface area contributed by atoms with Gasteiger partial charge in [0, 0.05) is 12.2 Å². The van der Waals surface area contributed by atoms with Gasteiger partial charge in [-0.05, 0) is 36.8 Å². The molecule has 3 N–H and O–H groups in total. The zero-order valence-electron chi connectivity index (χ0n) is 10.8. The van der Waals surface area contributed by atoms with E-state index in [2.05, 4.69) is 10.3 Å². The quantitative estimate of drug-likeness (QED) is 0.850. The normalized spacial score (nSPS) is 10.3. The van der Waals surface area contributed by atoms with Gasteiger partial charge < -0.3 is 11.1 Å². The van der Waals surface area contributed by atoms with Crippen molar-refractivity contribution in [2.24, 2.45) is 5.73 Å². The lowest BCUT2D eigenvalue weighted by atomic mass is 10.2. The molecule has 0 saturated heterocycles. The van der Waals surface area contributed by atoms with Crippen LogP contribution in [0.2, 0.25) is 5.02 Å². The fourth-order valence-electron chi connectivity index (χ4n) is 1.73. The smallest absolute Gasteiger partial charge is 0.141 e. The molecule has 0 saturated carbocycles. The molecule has 0 fully saturated rings. The molecule has 0 unspecified atom stereocenters. The Hall–Kier alpha value is -1.72. The lowest BCUT2D eigenvalue weighted by Crippen LogP contribution is -2.14. The van der Waals surface area contributed by atoms with Crippen LogP contribution in [0, 0.1) is 12.7 Å². The molecular weight excluding hydrogens is 297 g/mol. The summed E-state index contributed by atoms with van der Waals surface area (Å²) >= 11 is 10.7. The molecule has 1 heterocycles. The number of hydrogen-bond donors (Lipinski definition) is 2. The number of pyridine rings is 1. The standard InChI is InChI=1S/C14H13ClFN3S/c1-8-2-4-10(13(17)20)14(19-8)18-7-9-3-5-12(16)11(15)6-9/h2-6H,7H2,1H3,(H2,17,20)(H,18,19). The highest BCUT2D eigenvalue weighted by molar-refractivity contribution is 7.80. The van der Waals surface area contributed by atoms with Crippen LogP contribution in [-0.4, -0.2) is 9.97 Å². The van der Waals surface area contributed by atoms with E-state index in [0.717, 1.165) is 11.3 Å². The second-order valence-electron chi connectivity index (χ2n) is 4.32. The minimum Gasteiger partial charge on any atom is -0.389 e. The minimum absolute atomic E-state index is 0.0936. The van der Waals surface area contributed by atoms with Crippen molar-refractivity contribution < 1.29 is 4.39 Å². The van der Waals surface area contributed by atoms with E-state index in [0.29, 0.717) is 17.9 Å². The number of halogens is 2. The van der Waals surface area contributed by atoms with Crippen molar-refractivity contribution >= 4 is 34.6 Å². The molecule has 6 heteroatoms. The van der Waals surface area contributed by atoms with Crippen molar-refractivity contribution in [3.05, 3.63) is 58.0 Å². The van der Waals surface area contributed by atoms with Crippen molar-refractivity contribution in [1.29, 1.82) is 0 Å². The summed E-state index contributed by atoms with van der Waals surface area (Å²) in [6.45, 7) is 2.33. The summed E-state index contributed by atoms with van der Waals surface area (Å²) in [4.78, 5) is 4.64. The number of nitrogens with one attached hydrogen (secondary N) is 1. The van der Waals surface area contributed by atoms with Crippen LogP contribution in [0.25, 0.3) is 0 Å². The van der Waals surface area contributed by atoms with Gasteiger partial charge in [0.05, 0.1) is 10.6 Å². The summed E-state index contributed by atoms with van der Waals surface area (Å²) < 4.78 is 13.1. The van der Waals surface area contributed by atoms with Gasteiger partial charge in [-0.25, -0.2) is 9.37 Å². The molecule has 0 atom stereocenters. The Morgan fingerprint density at radius 1 is 1.40 bits per heavy atom. The van der Waals surface area contributed by atoms with Crippen LogP contribution in [0.4, 0.5) is 10.2 Å². The third-order valence-electron chi connectivity index (χ3n) is 2.74. The van der Waals surface area contributed by atoms with Gasteiger partial charge in [-0.3, -0.25) is 0 Å². The van der Waals surface area contributed by atoms with Gasteiger partial charge in [-0.1, -0.05) is 29.9 Å². The lowest BCUT2D eigenvalue weighted by Gasteiger charge is -2.11. The summed E-state index contributed by atoms with van der Waals surface area (Å²) in [7, 11) is 0. The molecule has 104 valence electrons. The Balaban J connectivity index is 2.20. The number of nitrogens with two attached hydrogens (primary N) is 1. The summed E-state index contributed by atoms with van der Waals surface area (Å²) in [6.07, 6.45) is 0. The van der Waals surface area contributed by atoms with Gasteiger partial charge in [0.15, 0.2) is 0 Å². The van der Waals surface area contributed by atoms with Crippen LogP contribution < -0.4 is 11.1 Å². The number of benzene rings is 1. The van der Waals surface area contributed by atoms with Gasteiger partial charge in [0.25, 0.3) is 0 Å². The fourth-order valence-corrected chi connectivity index (χ4v) is 2.09. The molecular formula is C14H13ClFN3S. The Morgan fingerprint density at radius 3 is 2.80 bits per heavy atom. The molecule has 0 aliphatic carbocycles. The maximum atomic E-state index is 13.1. The topological polar surface area (TPSA) is 50.9 Å². The van der Waals surface area contributed by atoms with Crippen molar-refractivity contribution in [1.82, 2.24) is 4.98 Å². The highest BCUT2D eigenvalue weighted by atomic mass is 35.5. The van der Waals surface area contributed by atoms with Crippen LogP contribution >= 0.6 is 23.8 Å². The molecule has 0 aliphatic heterocycles. The third kappa shape index (κ3) is 3.43. The molecule has 0 amide bonds. The molecule has 2 rings (SSSR count). The Kier molecular flexibility index (Phi) is 4.52. The van der Waals surface area contributed by atoms with E-state index in [9.17, 15) is 4.39 Å². The number of rotatable bonds is 4. The van der Waals surface area contributed by atoms with Gasteiger partial charge in [0.2, 0.25) is 0 Å². The van der Waals surface area contributed by atoms with E-state index in [4.69, 9.17) is 29.6 Å². The van der Waals surface area contributed by atoms with Gasteiger partial charge >= 0.3 is 0 Å². The lowest BCUT2D eigenvalue weighted by molar-refractivity contribution is 0.627. The summed E-state index contributed by atoms with van der Waals surface area (Å²) in [5.74, 6) is 0.172. The number of aryl methyl sites for hydroxylation is 1. The third-order valence-corrected chi connectivity index (χ3v) is 3.25. The first kappa shape index (κ1) is 14.7. The monoisotopic (exact) mass is 309 g/mol. The largest absolute Gasteiger partial charge is 0.389 e. The summed E-state index contributed by atoms with van der Waals surface area (Å²) in [5.41, 5.74) is 8.03. The van der Waals surface area contributed by atoms with Crippen LogP contribution in [-0.2, 0) is 6.54 Å². The van der Waals surface area contributed by atoms with Crippen LogP contribution in [0.3, 0.4) is 0 Å². The molecule has 0 radical (unpaired) electrons. The molecule has 3 nitrogen and oxygen atoms in total. The highest BCUT2D eigenvalue weighted by Gasteiger charge is 2.07. The molecule has 1 aromatic heterocycles. The molecule has 20 heavy (non-hydrogen) atoms. The van der Waals surface area contributed by atoms with Crippen LogP contribution in [0.5, 0.6) is 0 Å². The minimum atomic E-state index is -0.437. The van der Waals surface area contributed by atoms with Crippen molar-refractivity contribution in [3.8, 4) is 0 Å². The van der Waals surface area contributed by atoms with E-state index in [1.807, 2.05) is 19.1 Å². The molecule has 0 bridgehead atoms. The van der Waals surface area contributed by atoms with Crippen molar-refractivity contribution in [2.45, 2.75) is 13.5 Å². The van der Waals surface area contributed by atoms with E-state index in [1.165, 1.54) is 6.07 Å². The zero-order chi connectivity index (χ0) is 14.7. The van der Waals surface area contributed by atoms with Crippen LogP contribution in [0.1, 0.15) is 16.8 Å². The van der Waals surface area contributed by atoms with E-state index in [1.54, 1.807) is 12.1 Å². The number of nitrogens with zero attached hydrogens (tertiary/aromatic N) is 1. The number of hydrogen-bond acceptors (Lipinski definition) is 3. The molecule has 0 aliphatic rings. The molecule has 0 spiro atoms. The first-order valence-electron chi connectivity index (χ1n) is 5.92. The summed E-state index contributed by atoms with van der Waals surface area (Å²) in [5, 5.41) is 3.23. The maximum Gasteiger partial charge on any atom is 0.141 e. The predicted octanol–water partition coefficient (Wildman–Crippen LogP) is 3.43. The number of aromatic nitrogens is 1. The van der Waals surface area contributed by atoms with Gasteiger partial charge in [0.1, 0.15) is 16.6 Å². The van der Waals surface area contributed by atoms with Crippen LogP contribution in [0.15, 0.2) is 30.3 Å². The second-order valence-corrected chi connectivity index (χ2v) is 5.16. The first-order valence-corrected chi connectivity index (χ1v) is 6.71. The highest BCUT2D eigenvalue weighted by Crippen LogP contribution is 2.18. The van der Waals surface area contributed by atoms with Gasteiger partial charge in [-0.15, -0.1) is 0 Å². The second kappa shape index (κ2) is 6.15. The van der Waals surface area contributed by atoms with E-state index < -0.39 is 5.82 Å². The first-order chi connectivity index (χ1) is 9.47. The van der Waals surface area contributed by atoms with E-state index in [-0.39, 0.29) is 10.0 Å². The maximum absolute atomic E-state index is 13.1. The summed E-state index contributed by atoms with van der Waals surface area (Å²) in [6, 6.07) is 8.22. The van der Waals surface area contributed by atoms with E-state index >= 15 is 0 Å². The average Bonchev–Trinajstić information content (AvgIpc) is 2.40. The molecule has 1 aromatic carbocycles. The van der Waals surface area contributed by atoms with Crippen molar-refractivity contribution in [2.75, 3.05) is 5.32 Å². The number of anilines is 1. The average molecular weight is 310 g/mol. The number of thiocarbonyl (C=S) groups is 1. The Bertz CT molecular complexity index is 661. The fraction of sp³-hybridized carbons (Fsp3) is 0.143. The van der Waals surface area contributed by atoms with Gasteiger partial charge in [-0.2, -0.15) is 0 Å². The Labute approximate surface area is 127 Å². The zero-order valence-corrected chi connectivity index (χ0v) is 12.4. The predicted molar refractivity (Wildman–Crippen MR) is 83.6 cm³/mol.